The van der Waals surface area contributed by atoms with Gasteiger partial charge in [-0.1, -0.05) is 30.3 Å². The van der Waals surface area contributed by atoms with Gasteiger partial charge in [0.05, 0.1) is 13.0 Å². The van der Waals surface area contributed by atoms with Crippen LogP contribution in [0.5, 0.6) is 0 Å². The molecular weight excluding hydrogens is 260 g/mol. The van der Waals surface area contributed by atoms with Gasteiger partial charge in [0.15, 0.2) is 0 Å². The first-order valence-corrected chi connectivity index (χ1v) is 6.16. The number of aliphatic carboxylic acids is 1. The third-order valence-electron chi connectivity index (χ3n) is 2.64. The molecule has 20 heavy (non-hydrogen) atoms. The second kappa shape index (κ2) is 6.70. The average molecular weight is 278 g/mol. The largest absolute Gasteiger partial charge is 0.480 e. The molecule has 0 saturated heterocycles. The molecule has 0 aliphatic heterocycles. The number of hydrogen-bond donors (Lipinski definition) is 3. The van der Waals surface area contributed by atoms with Crippen molar-refractivity contribution < 1.29 is 19.5 Å². The van der Waals surface area contributed by atoms with Crippen molar-refractivity contribution in [2.45, 2.75) is 25.8 Å². The van der Waals surface area contributed by atoms with Gasteiger partial charge in [0.2, 0.25) is 11.8 Å². The Hall–Kier alpha value is -2.37. The summed E-state index contributed by atoms with van der Waals surface area (Å²) in [4.78, 5) is 34.0. The summed E-state index contributed by atoms with van der Waals surface area (Å²) in [5.41, 5.74) is -0.516. The SMILES string of the molecule is CC(C)(NC(=O)CNC(=O)Cc1ccccc1)C(=O)O. The molecule has 1 aromatic carbocycles. The second-order valence-electron chi connectivity index (χ2n) is 4.92. The third-order valence-corrected chi connectivity index (χ3v) is 2.64. The molecule has 3 N–H and O–H groups in total. The van der Waals surface area contributed by atoms with E-state index in [2.05, 4.69) is 10.6 Å². The quantitative estimate of drug-likeness (QED) is 0.698. The van der Waals surface area contributed by atoms with E-state index in [0.29, 0.717) is 0 Å². The fraction of sp³-hybridized carbons (Fsp3) is 0.357. The second-order valence-corrected chi connectivity index (χ2v) is 4.92. The van der Waals surface area contributed by atoms with Crippen LogP contribution in [0, 0.1) is 0 Å². The van der Waals surface area contributed by atoms with Crippen molar-refractivity contribution in [3.05, 3.63) is 35.9 Å². The van der Waals surface area contributed by atoms with Crippen molar-refractivity contribution in [3.63, 3.8) is 0 Å². The zero-order chi connectivity index (χ0) is 15.2. The summed E-state index contributed by atoms with van der Waals surface area (Å²) in [6.07, 6.45) is 0.177. The predicted octanol–water partition coefficient (Wildman–Crippen LogP) is 0.325. The van der Waals surface area contributed by atoms with E-state index >= 15 is 0 Å². The van der Waals surface area contributed by atoms with Crippen molar-refractivity contribution in [3.8, 4) is 0 Å². The Bertz CT molecular complexity index is 497. The Kier molecular flexibility index (Phi) is 5.25. The van der Waals surface area contributed by atoms with Gasteiger partial charge in [0, 0.05) is 0 Å². The van der Waals surface area contributed by atoms with Crippen LogP contribution >= 0.6 is 0 Å². The molecule has 0 aliphatic carbocycles. The summed E-state index contributed by atoms with van der Waals surface area (Å²) in [7, 11) is 0. The van der Waals surface area contributed by atoms with Crippen LogP contribution in [-0.2, 0) is 20.8 Å². The summed E-state index contributed by atoms with van der Waals surface area (Å²) in [6, 6.07) is 9.12. The lowest BCUT2D eigenvalue weighted by Crippen LogP contribution is -2.52. The van der Waals surface area contributed by atoms with Crippen molar-refractivity contribution in [1.29, 1.82) is 0 Å². The summed E-state index contributed by atoms with van der Waals surface area (Å²) in [5, 5.41) is 13.6. The van der Waals surface area contributed by atoms with Crippen LogP contribution < -0.4 is 10.6 Å². The monoisotopic (exact) mass is 278 g/mol. The number of carbonyl (C=O) groups excluding carboxylic acids is 2. The number of carboxylic acid groups (broad SMARTS) is 1. The summed E-state index contributed by atoms with van der Waals surface area (Å²) in [5.74, 6) is -1.97. The zero-order valence-corrected chi connectivity index (χ0v) is 11.5. The van der Waals surface area contributed by atoms with Gasteiger partial charge in [0.25, 0.3) is 0 Å². The van der Waals surface area contributed by atoms with E-state index in [4.69, 9.17) is 5.11 Å². The van der Waals surface area contributed by atoms with Crippen molar-refractivity contribution in [2.75, 3.05) is 6.54 Å². The average Bonchev–Trinajstić information content (AvgIpc) is 2.37. The van der Waals surface area contributed by atoms with E-state index in [-0.39, 0.29) is 18.9 Å². The lowest BCUT2D eigenvalue weighted by Gasteiger charge is -2.21. The Morgan fingerprint density at radius 1 is 1.10 bits per heavy atom. The number of carbonyl (C=O) groups is 3. The van der Waals surface area contributed by atoms with Gasteiger partial charge in [-0.25, -0.2) is 4.79 Å². The number of rotatable bonds is 6. The minimum Gasteiger partial charge on any atom is -0.480 e. The number of nitrogens with one attached hydrogen (secondary N) is 2. The van der Waals surface area contributed by atoms with E-state index in [1.807, 2.05) is 30.3 Å². The van der Waals surface area contributed by atoms with Gasteiger partial charge in [-0.05, 0) is 19.4 Å². The van der Waals surface area contributed by atoms with E-state index in [9.17, 15) is 14.4 Å². The van der Waals surface area contributed by atoms with Gasteiger partial charge in [-0.3, -0.25) is 9.59 Å². The highest BCUT2D eigenvalue weighted by atomic mass is 16.4. The van der Waals surface area contributed by atoms with Gasteiger partial charge in [-0.2, -0.15) is 0 Å². The van der Waals surface area contributed by atoms with Gasteiger partial charge < -0.3 is 15.7 Å². The molecule has 0 radical (unpaired) electrons. The van der Waals surface area contributed by atoms with Crippen molar-refractivity contribution in [2.24, 2.45) is 0 Å². The van der Waals surface area contributed by atoms with Crippen LogP contribution in [0.4, 0.5) is 0 Å². The molecule has 0 heterocycles. The van der Waals surface area contributed by atoms with Crippen LogP contribution in [0.25, 0.3) is 0 Å². The van der Waals surface area contributed by atoms with Crippen LogP contribution in [-0.4, -0.2) is 35.0 Å². The first kappa shape index (κ1) is 15.7. The highest BCUT2D eigenvalue weighted by molar-refractivity contribution is 5.89. The molecule has 0 aromatic heterocycles. The highest BCUT2D eigenvalue weighted by Crippen LogP contribution is 2.01. The number of carboxylic acids is 1. The molecule has 1 rings (SSSR count). The molecule has 0 unspecified atom stereocenters. The molecular formula is C14H18N2O4. The molecule has 0 aliphatic rings. The standard InChI is InChI=1S/C14H18N2O4/c1-14(2,13(19)20)16-12(18)9-15-11(17)8-10-6-4-3-5-7-10/h3-7H,8-9H2,1-2H3,(H,15,17)(H,16,18)(H,19,20). The zero-order valence-electron chi connectivity index (χ0n) is 11.5. The number of benzene rings is 1. The van der Waals surface area contributed by atoms with Gasteiger partial charge in [-0.15, -0.1) is 0 Å². The Morgan fingerprint density at radius 2 is 1.70 bits per heavy atom. The molecule has 0 atom stereocenters. The Labute approximate surface area is 117 Å². The smallest absolute Gasteiger partial charge is 0.328 e. The highest BCUT2D eigenvalue weighted by Gasteiger charge is 2.28. The molecule has 6 heteroatoms. The third kappa shape index (κ3) is 5.09. The molecule has 108 valence electrons. The van der Waals surface area contributed by atoms with E-state index < -0.39 is 17.4 Å². The fourth-order valence-electron chi connectivity index (χ4n) is 1.47. The molecule has 0 bridgehead atoms. The molecule has 2 amide bonds. The minimum atomic E-state index is -1.36. The normalized spacial score (nSPS) is 10.7. The molecule has 0 fully saturated rings. The molecule has 6 nitrogen and oxygen atoms in total. The topological polar surface area (TPSA) is 95.5 Å². The maximum Gasteiger partial charge on any atom is 0.328 e. The van der Waals surface area contributed by atoms with E-state index in [1.54, 1.807) is 0 Å². The van der Waals surface area contributed by atoms with Crippen LogP contribution in [0.2, 0.25) is 0 Å². The summed E-state index contributed by atoms with van der Waals surface area (Å²) in [6.45, 7) is 2.50. The summed E-state index contributed by atoms with van der Waals surface area (Å²) >= 11 is 0. The first-order chi connectivity index (χ1) is 9.31. The number of amides is 2. The maximum absolute atomic E-state index is 11.6. The molecule has 1 aromatic rings. The number of hydrogen-bond acceptors (Lipinski definition) is 3. The van der Waals surface area contributed by atoms with Crippen molar-refractivity contribution >= 4 is 17.8 Å². The van der Waals surface area contributed by atoms with Crippen LogP contribution in [0.1, 0.15) is 19.4 Å². The maximum atomic E-state index is 11.6. The van der Waals surface area contributed by atoms with Crippen molar-refractivity contribution in [1.82, 2.24) is 10.6 Å². The lowest BCUT2D eigenvalue weighted by atomic mass is 10.1. The van der Waals surface area contributed by atoms with Gasteiger partial charge in [0.1, 0.15) is 5.54 Å². The summed E-state index contributed by atoms with van der Waals surface area (Å²) < 4.78 is 0. The Balaban J connectivity index is 2.38. The molecule has 0 saturated carbocycles. The molecule has 0 spiro atoms. The predicted molar refractivity (Wildman–Crippen MR) is 73.0 cm³/mol. The Morgan fingerprint density at radius 3 is 2.25 bits per heavy atom. The van der Waals surface area contributed by atoms with Gasteiger partial charge >= 0.3 is 5.97 Å². The minimum absolute atomic E-state index is 0.177. The van der Waals surface area contributed by atoms with Crippen LogP contribution in [0.15, 0.2) is 30.3 Å². The van der Waals surface area contributed by atoms with E-state index in [1.165, 1.54) is 13.8 Å². The lowest BCUT2D eigenvalue weighted by molar-refractivity contribution is -0.145. The van der Waals surface area contributed by atoms with Crippen LogP contribution in [0.3, 0.4) is 0 Å². The first-order valence-electron chi connectivity index (χ1n) is 6.16. The van der Waals surface area contributed by atoms with E-state index in [0.717, 1.165) is 5.56 Å². The fourth-order valence-corrected chi connectivity index (χ4v) is 1.47.